The van der Waals surface area contributed by atoms with Crippen molar-refractivity contribution in [3.63, 3.8) is 0 Å². The van der Waals surface area contributed by atoms with Crippen LogP contribution in [-0.4, -0.2) is 42.2 Å². The smallest absolute Gasteiger partial charge is 0.270 e. The molecular weight excluding hydrogens is 274 g/mol. The topological polar surface area (TPSA) is 63.2 Å². The zero-order valence-corrected chi connectivity index (χ0v) is 12.6. The van der Waals surface area contributed by atoms with Crippen molar-refractivity contribution < 1.29 is 9.53 Å². The minimum absolute atomic E-state index is 0.0673. The molecule has 0 bridgehead atoms. The Labute approximate surface area is 123 Å². The number of carbonyl (C=O) groups excluding carboxylic acids is 1. The van der Waals surface area contributed by atoms with E-state index in [1.165, 1.54) is 11.3 Å². The van der Waals surface area contributed by atoms with Gasteiger partial charge in [-0.3, -0.25) is 4.79 Å². The Morgan fingerprint density at radius 1 is 1.55 bits per heavy atom. The molecule has 110 valence electrons. The van der Waals surface area contributed by atoms with E-state index in [2.05, 4.69) is 15.6 Å². The minimum atomic E-state index is -0.0933. The van der Waals surface area contributed by atoms with E-state index < -0.39 is 0 Å². The fraction of sp³-hybridized carbons (Fsp3) is 0.714. The van der Waals surface area contributed by atoms with Gasteiger partial charge in [0.25, 0.3) is 5.91 Å². The van der Waals surface area contributed by atoms with Crippen molar-refractivity contribution in [1.29, 1.82) is 0 Å². The zero-order chi connectivity index (χ0) is 14.0. The number of hydrogen-bond acceptors (Lipinski definition) is 5. The van der Waals surface area contributed by atoms with Crippen molar-refractivity contribution >= 4 is 17.2 Å². The van der Waals surface area contributed by atoms with Gasteiger partial charge in [-0.15, -0.1) is 11.3 Å². The number of ether oxygens (including phenoxy) is 1. The predicted octanol–water partition coefficient (Wildman–Crippen LogP) is 1.48. The van der Waals surface area contributed by atoms with Crippen LogP contribution in [0.5, 0.6) is 0 Å². The van der Waals surface area contributed by atoms with Crippen LogP contribution in [0.15, 0.2) is 5.38 Å². The maximum Gasteiger partial charge on any atom is 0.270 e. The average Bonchev–Trinajstić information content (AvgIpc) is 3.05. The highest BCUT2D eigenvalue weighted by molar-refractivity contribution is 7.09. The summed E-state index contributed by atoms with van der Waals surface area (Å²) in [5, 5.41) is 9.03. The summed E-state index contributed by atoms with van der Waals surface area (Å²) >= 11 is 1.50. The molecular formula is C14H21N3O2S. The quantitative estimate of drug-likeness (QED) is 0.886. The number of nitrogens with zero attached hydrogens (tertiary/aromatic N) is 1. The Bertz CT molecular complexity index is 483. The second-order valence-electron chi connectivity index (χ2n) is 5.67. The van der Waals surface area contributed by atoms with Crippen LogP contribution in [0.3, 0.4) is 0 Å². The summed E-state index contributed by atoms with van der Waals surface area (Å²) in [6.45, 7) is 4.57. The van der Waals surface area contributed by atoms with Gasteiger partial charge in [0.2, 0.25) is 0 Å². The van der Waals surface area contributed by atoms with E-state index in [1.54, 1.807) is 5.38 Å². The van der Waals surface area contributed by atoms with E-state index in [1.807, 2.05) is 6.92 Å². The Morgan fingerprint density at radius 3 is 3.05 bits per heavy atom. The molecule has 2 aliphatic rings. The molecule has 3 rings (SSSR count). The molecule has 2 fully saturated rings. The zero-order valence-electron chi connectivity index (χ0n) is 11.8. The molecule has 0 radical (unpaired) electrons. The van der Waals surface area contributed by atoms with Crippen molar-refractivity contribution in [1.82, 2.24) is 15.6 Å². The lowest BCUT2D eigenvalue weighted by molar-refractivity contribution is -0.0576. The molecule has 1 aromatic heterocycles. The summed E-state index contributed by atoms with van der Waals surface area (Å²) in [7, 11) is 0. The standard InChI is InChI=1S/C14H21N3O2S/c1-10-17-12(9-20-10)13(18)16-8-11-2-3-14(19-11)4-6-15-7-5-14/h9,11,15H,2-8H2,1H3,(H,16,18). The SMILES string of the molecule is Cc1nc(C(=O)NCC2CCC3(CCNCC3)O2)cs1. The van der Waals surface area contributed by atoms with Gasteiger partial charge in [0.05, 0.1) is 16.7 Å². The summed E-state index contributed by atoms with van der Waals surface area (Å²) in [4.78, 5) is 16.1. The third-order valence-corrected chi connectivity index (χ3v) is 4.97. The molecule has 2 aliphatic heterocycles. The van der Waals surface area contributed by atoms with E-state index >= 15 is 0 Å². The van der Waals surface area contributed by atoms with Crippen molar-refractivity contribution in [2.45, 2.75) is 44.3 Å². The number of thiazole rings is 1. The van der Waals surface area contributed by atoms with Gasteiger partial charge in [0, 0.05) is 11.9 Å². The largest absolute Gasteiger partial charge is 0.370 e. The van der Waals surface area contributed by atoms with E-state index in [9.17, 15) is 4.79 Å². The molecule has 1 spiro atoms. The van der Waals surface area contributed by atoms with Gasteiger partial charge in [-0.25, -0.2) is 4.98 Å². The van der Waals surface area contributed by atoms with Gasteiger partial charge in [0.15, 0.2) is 0 Å². The monoisotopic (exact) mass is 295 g/mol. The van der Waals surface area contributed by atoms with Crippen molar-refractivity contribution in [2.75, 3.05) is 19.6 Å². The van der Waals surface area contributed by atoms with E-state index in [-0.39, 0.29) is 17.6 Å². The van der Waals surface area contributed by atoms with Crippen LogP contribution in [0.4, 0.5) is 0 Å². The van der Waals surface area contributed by atoms with E-state index in [4.69, 9.17) is 4.74 Å². The van der Waals surface area contributed by atoms with Gasteiger partial charge in [-0.05, 0) is 45.7 Å². The van der Waals surface area contributed by atoms with Crippen LogP contribution in [0.25, 0.3) is 0 Å². The number of aryl methyl sites for hydroxylation is 1. The lowest BCUT2D eigenvalue weighted by atomic mass is 9.89. The molecule has 0 aromatic carbocycles. The minimum Gasteiger partial charge on any atom is -0.370 e. The van der Waals surface area contributed by atoms with Crippen LogP contribution < -0.4 is 10.6 Å². The van der Waals surface area contributed by atoms with Crippen LogP contribution in [-0.2, 0) is 4.74 Å². The summed E-state index contributed by atoms with van der Waals surface area (Å²) in [6.07, 6.45) is 4.48. The fourth-order valence-corrected chi connectivity index (χ4v) is 3.65. The molecule has 2 N–H and O–H groups in total. The second kappa shape index (κ2) is 5.79. The normalized spacial score (nSPS) is 24.9. The van der Waals surface area contributed by atoms with Gasteiger partial charge in [-0.2, -0.15) is 0 Å². The molecule has 1 unspecified atom stereocenters. The van der Waals surface area contributed by atoms with Gasteiger partial charge >= 0.3 is 0 Å². The molecule has 1 atom stereocenters. The third-order valence-electron chi connectivity index (χ3n) is 4.20. The second-order valence-corrected chi connectivity index (χ2v) is 6.74. The molecule has 20 heavy (non-hydrogen) atoms. The highest BCUT2D eigenvalue weighted by Crippen LogP contribution is 2.36. The number of aromatic nitrogens is 1. The van der Waals surface area contributed by atoms with Crippen LogP contribution in [0.1, 0.15) is 41.2 Å². The first kappa shape index (κ1) is 14.0. The first-order valence-electron chi connectivity index (χ1n) is 7.26. The maximum absolute atomic E-state index is 12.0. The van der Waals surface area contributed by atoms with Crippen LogP contribution in [0, 0.1) is 6.92 Å². The number of amides is 1. The molecule has 1 amide bonds. The number of hydrogen-bond donors (Lipinski definition) is 2. The maximum atomic E-state index is 12.0. The Morgan fingerprint density at radius 2 is 2.35 bits per heavy atom. The highest BCUT2D eigenvalue weighted by Gasteiger charge is 2.40. The summed E-state index contributed by atoms with van der Waals surface area (Å²) in [5.41, 5.74) is 0.583. The first-order valence-corrected chi connectivity index (χ1v) is 8.14. The van der Waals surface area contributed by atoms with Crippen molar-refractivity contribution in [2.24, 2.45) is 0 Å². The Balaban J connectivity index is 1.49. The molecule has 0 saturated carbocycles. The Hall–Kier alpha value is -0.980. The Kier molecular flexibility index (Phi) is 4.05. The lowest BCUT2D eigenvalue weighted by Crippen LogP contribution is -2.43. The lowest BCUT2D eigenvalue weighted by Gasteiger charge is -2.33. The molecule has 3 heterocycles. The van der Waals surface area contributed by atoms with Gasteiger partial charge < -0.3 is 15.4 Å². The summed E-state index contributed by atoms with van der Waals surface area (Å²) in [6, 6.07) is 0. The fourth-order valence-electron chi connectivity index (χ4n) is 3.05. The van der Waals surface area contributed by atoms with Crippen LogP contribution >= 0.6 is 11.3 Å². The average molecular weight is 295 g/mol. The first-order chi connectivity index (χ1) is 9.67. The third kappa shape index (κ3) is 3.02. The van der Waals surface area contributed by atoms with E-state index in [0.717, 1.165) is 43.8 Å². The van der Waals surface area contributed by atoms with E-state index in [0.29, 0.717) is 12.2 Å². The van der Waals surface area contributed by atoms with Crippen molar-refractivity contribution in [3.05, 3.63) is 16.1 Å². The summed E-state index contributed by atoms with van der Waals surface area (Å²) in [5.74, 6) is -0.0933. The molecule has 1 aromatic rings. The number of rotatable bonds is 3. The van der Waals surface area contributed by atoms with Crippen molar-refractivity contribution in [3.8, 4) is 0 Å². The molecule has 6 heteroatoms. The summed E-state index contributed by atoms with van der Waals surface area (Å²) < 4.78 is 6.21. The highest BCUT2D eigenvalue weighted by atomic mass is 32.1. The van der Waals surface area contributed by atoms with Gasteiger partial charge in [-0.1, -0.05) is 0 Å². The molecule has 5 nitrogen and oxygen atoms in total. The van der Waals surface area contributed by atoms with Crippen LogP contribution in [0.2, 0.25) is 0 Å². The number of nitrogens with one attached hydrogen (secondary N) is 2. The molecule has 2 saturated heterocycles. The number of piperidine rings is 1. The predicted molar refractivity (Wildman–Crippen MR) is 78.1 cm³/mol. The number of carbonyl (C=O) groups is 1. The molecule has 0 aliphatic carbocycles. The van der Waals surface area contributed by atoms with Gasteiger partial charge in [0.1, 0.15) is 5.69 Å².